The molecule has 0 amide bonds. The first-order valence-electron chi connectivity index (χ1n) is 13.8. The minimum atomic E-state index is -0.557. The summed E-state index contributed by atoms with van der Waals surface area (Å²) in [6, 6.07) is 19.0. The van der Waals surface area contributed by atoms with Gasteiger partial charge in [-0.3, -0.25) is 0 Å². The Morgan fingerprint density at radius 2 is 0.921 bits per heavy atom. The quantitative estimate of drug-likeness (QED) is 0.409. The summed E-state index contributed by atoms with van der Waals surface area (Å²) < 4.78 is 4.25. The van der Waals surface area contributed by atoms with Crippen molar-refractivity contribution >= 4 is 0 Å². The second-order valence-electron chi connectivity index (χ2n) is 10.2. The third-order valence-electron chi connectivity index (χ3n) is 6.93. The molecule has 0 saturated carbocycles. The minimum absolute atomic E-state index is 0. The zero-order valence-corrected chi connectivity index (χ0v) is 22.9. The lowest BCUT2D eigenvalue weighted by molar-refractivity contribution is 0.111. The van der Waals surface area contributed by atoms with Gasteiger partial charge in [-0.05, 0) is 63.0 Å². The van der Waals surface area contributed by atoms with Gasteiger partial charge in [-0.25, -0.2) is 0 Å². The molecule has 216 valence electrons. The summed E-state index contributed by atoms with van der Waals surface area (Å²) in [5.74, 6) is 0. The fourth-order valence-corrected chi connectivity index (χ4v) is 4.87. The number of hydrogen-bond acceptors (Lipinski definition) is 7. The van der Waals surface area contributed by atoms with Gasteiger partial charge in [-0.1, -0.05) is 80.9 Å². The van der Waals surface area contributed by atoms with Gasteiger partial charge in [0.05, 0.1) is 12.2 Å². The first-order chi connectivity index (χ1) is 18.0. The summed E-state index contributed by atoms with van der Waals surface area (Å²) in [6.07, 6.45) is 6.57. The van der Waals surface area contributed by atoms with E-state index in [2.05, 4.69) is 14.5 Å². The summed E-state index contributed by atoms with van der Waals surface area (Å²) in [4.78, 5) is 4.72. The summed E-state index contributed by atoms with van der Waals surface area (Å²) in [7, 11) is 3.25. The molecule has 2 aliphatic rings. The molecule has 0 aromatic heterocycles. The van der Waals surface area contributed by atoms with Crippen LogP contribution in [0.2, 0.25) is 0 Å². The van der Waals surface area contributed by atoms with Crippen LogP contribution in [0, 0.1) is 0 Å². The first kappa shape index (κ1) is 34.2. The van der Waals surface area contributed by atoms with Crippen molar-refractivity contribution in [1.29, 1.82) is 0 Å². The van der Waals surface area contributed by atoms with Crippen LogP contribution in [0.1, 0.15) is 69.3 Å². The number of hydrogen-bond donors (Lipinski definition) is 4. The highest BCUT2D eigenvalue weighted by Gasteiger charge is 2.21. The Hall–Kier alpha value is -1.84. The van der Waals surface area contributed by atoms with Gasteiger partial charge in [-0.2, -0.15) is 0 Å². The van der Waals surface area contributed by atoms with Crippen molar-refractivity contribution < 1.29 is 14.9 Å². The van der Waals surface area contributed by atoms with Crippen molar-refractivity contribution in [3.05, 3.63) is 71.8 Å². The van der Waals surface area contributed by atoms with Crippen LogP contribution >= 0.6 is 0 Å². The lowest BCUT2D eigenvalue weighted by Gasteiger charge is -2.30. The Labute approximate surface area is 231 Å². The van der Waals surface area contributed by atoms with Crippen LogP contribution in [0.4, 0.5) is 0 Å². The number of likely N-dealkylation sites (tertiary alicyclic amines) is 2. The second-order valence-corrected chi connectivity index (χ2v) is 10.2. The van der Waals surface area contributed by atoms with E-state index in [4.69, 9.17) is 11.5 Å². The number of aliphatic hydroxyl groups excluding tert-OH is 2. The standard InChI is InChI=1S/2C14H22N2O.C2H6O.CH4/c2*15-13(11-16-9-5-2-6-10-16)14(17)12-7-3-1-4-8-12;1-3-2;/h2*1,3-4,7-8,13-14,17H,2,5-6,9-11,15H2;1-2H3;1H4/t2*13-,14-;;/m11../s1. The van der Waals surface area contributed by atoms with E-state index in [-0.39, 0.29) is 19.5 Å². The lowest BCUT2D eigenvalue weighted by atomic mass is 10.0. The molecule has 2 fully saturated rings. The zero-order chi connectivity index (χ0) is 26.9. The molecule has 2 heterocycles. The number of piperidine rings is 2. The molecule has 0 unspecified atom stereocenters. The number of aliphatic hydroxyl groups is 2. The third-order valence-corrected chi connectivity index (χ3v) is 6.93. The molecule has 0 bridgehead atoms. The lowest BCUT2D eigenvalue weighted by Crippen LogP contribution is -2.43. The highest BCUT2D eigenvalue weighted by Crippen LogP contribution is 2.18. The van der Waals surface area contributed by atoms with Crippen molar-refractivity contribution in [3.8, 4) is 0 Å². The van der Waals surface area contributed by atoms with Crippen molar-refractivity contribution in [1.82, 2.24) is 9.80 Å². The molecule has 2 aliphatic heterocycles. The number of ether oxygens (including phenoxy) is 1. The Morgan fingerprint density at radius 1 is 0.632 bits per heavy atom. The van der Waals surface area contributed by atoms with E-state index in [1.54, 1.807) is 14.2 Å². The van der Waals surface area contributed by atoms with Crippen LogP contribution in [0.5, 0.6) is 0 Å². The maximum atomic E-state index is 10.2. The molecule has 2 aromatic rings. The van der Waals surface area contributed by atoms with Gasteiger partial charge < -0.3 is 36.2 Å². The van der Waals surface area contributed by atoms with Crippen LogP contribution in [-0.2, 0) is 4.74 Å². The molecular formula is C31H54N4O3. The van der Waals surface area contributed by atoms with E-state index in [0.29, 0.717) is 0 Å². The predicted molar refractivity (Wildman–Crippen MR) is 159 cm³/mol. The van der Waals surface area contributed by atoms with Crippen LogP contribution in [-0.4, -0.2) is 85.6 Å². The molecule has 38 heavy (non-hydrogen) atoms. The maximum absolute atomic E-state index is 10.2. The minimum Gasteiger partial charge on any atom is -0.388 e. The molecule has 2 aromatic carbocycles. The van der Waals surface area contributed by atoms with E-state index in [1.165, 1.54) is 38.5 Å². The van der Waals surface area contributed by atoms with Gasteiger partial charge in [0.15, 0.2) is 0 Å². The average molecular weight is 531 g/mol. The van der Waals surface area contributed by atoms with E-state index < -0.39 is 12.2 Å². The molecule has 7 nitrogen and oxygen atoms in total. The Balaban J connectivity index is 0.000000337. The summed E-state index contributed by atoms with van der Waals surface area (Å²) >= 11 is 0. The van der Waals surface area contributed by atoms with Crippen molar-refractivity contribution in [3.63, 3.8) is 0 Å². The average Bonchev–Trinajstić information content (AvgIpc) is 2.95. The number of benzene rings is 2. The van der Waals surface area contributed by atoms with Gasteiger partial charge in [0.1, 0.15) is 0 Å². The predicted octanol–water partition coefficient (Wildman–Crippen LogP) is 3.97. The molecule has 4 rings (SSSR count). The largest absolute Gasteiger partial charge is 0.388 e. The fraction of sp³-hybridized carbons (Fsp3) is 0.613. The van der Waals surface area contributed by atoms with Crippen molar-refractivity contribution in [2.75, 3.05) is 53.5 Å². The fourth-order valence-electron chi connectivity index (χ4n) is 4.87. The molecule has 2 saturated heterocycles. The smallest absolute Gasteiger partial charge is 0.0953 e. The van der Waals surface area contributed by atoms with Crippen molar-refractivity contribution in [2.45, 2.75) is 70.2 Å². The highest BCUT2D eigenvalue weighted by atomic mass is 16.4. The number of nitrogens with zero attached hydrogens (tertiary/aromatic N) is 2. The highest BCUT2D eigenvalue weighted by molar-refractivity contribution is 5.19. The summed E-state index contributed by atoms with van der Waals surface area (Å²) in [5.41, 5.74) is 14.0. The Morgan fingerprint density at radius 3 is 1.21 bits per heavy atom. The number of rotatable bonds is 8. The Bertz CT molecular complexity index is 732. The van der Waals surface area contributed by atoms with Gasteiger partial charge in [0, 0.05) is 39.4 Å². The summed E-state index contributed by atoms with van der Waals surface area (Å²) in [6.45, 7) is 6.06. The molecule has 7 heteroatoms. The zero-order valence-electron chi connectivity index (χ0n) is 22.9. The van der Waals surface area contributed by atoms with Crippen molar-refractivity contribution in [2.24, 2.45) is 11.5 Å². The Kier molecular flexibility index (Phi) is 18.1. The van der Waals surface area contributed by atoms with Gasteiger partial charge in [0.25, 0.3) is 0 Å². The van der Waals surface area contributed by atoms with Gasteiger partial charge in [0.2, 0.25) is 0 Å². The first-order valence-corrected chi connectivity index (χ1v) is 13.8. The number of nitrogens with two attached hydrogens (primary N) is 2. The molecule has 0 aliphatic carbocycles. The maximum Gasteiger partial charge on any atom is 0.0953 e. The van der Waals surface area contributed by atoms with E-state index in [9.17, 15) is 10.2 Å². The van der Waals surface area contributed by atoms with Gasteiger partial charge in [-0.15, -0.1) is 0 Å². The van der Waals surface area contributed by atoms with E-state index >= 15 is 0 Å². The third kappa shape index (κ3) is 12.8. The van der Waals surface area contributed by atoms with Gasteiger partial charge >= 0.3 is 0 Å². The normalized spacial score (nSPS) is 19.3. The molecule has 0 radical (unpaired) electrons. The molecule has 0 spiro atoms. The van der Waals surface area contributed by atoms with Crippen LogP contribution in [0.25, 0.3) is 0 Å². The monoisotopic (exact) mass is 530 g/mol. The van der Waals surface area contributed by atoms with E-state index in [0.717, 1.165) is 50.4 Å². The molecular weight excluding hydrogens is 476 g/mol. The second kappa shape index (κ2) is 20.1. The summed E-state index contributed by atoms with van der Waals surface area (Å²) in [5, 5.41) is 20.3. The number of methoxy groups -OCH3 is 1. The van der Waals surface area contributed by atoms with Crippen LogP contribution in [0.3, 0.4) is 0 Å². The topological polar surface area (TPSA) is 108 Å². The SMILES string of the molecule is C.COC.N[C@H](CN1CCCCC1)[C@H](O)c1ccccc1.N[C@H](CN1CCCCC1)[C@H](O)c1ccccc1. The van der Waals surface area contributed by atoms with E-state index in [1.807, 2.05) is 60.7 Å². The van der Waals surface area contributed by atoms with Crippen LogP contribution < -0.4 is 11.5 Å². The molecule has 4 atom stereocenters. The molecule has 6 N–H and O–H groups in total. The van der Waals surface area contributed by atoms with Crippen LogP contribution in [0.15, 0.2) is 60.7 Å².